The van der Waals surface area contributed by atoms with Gasteiger partial charge in [-0.05, 0) is 36.1 Å². The van der Waals surface area contributed by atoms with E-state index in [1.165, 1.54) is 0 Å². The van der Waals surface area contributed by atoms with Crippen molar-refractivity contribution in [2.24, 2.45) is 0 Å². The van der Waals surface area contributed by atoms with Gasteiger partial charge in [-0.15, -0.1) is 0 Å². The molecule has 5 heteroatoms. The standard InChI is InChI=1S/C17H17N3O2/c1-2-22-17(21)16-7-4-10-20(16)19-11-14-6-3-5-13-8-9-18-12-15(13)14/h3-10,12,19H,2,11H2,1H3. The van der Waals surface area contributed by atoms with Crippen molar-refractivity contribution in [3.05, 3.63) is 66.2 Å². The number of rotatable bonds is 5. The maximum Gasteiger partial charge on any atom is 0.356 e. The van der Waals surface area contributed by atoms with Crippen LogP contribution in [0, 0.1) is 0 Å². The fraction of sp³-hybridized carbons (Fsp3) is 0.176. The minimum atomic E-state index is -0.334. The van der Waals surface area contributed by atoms with Crippen LogP contribution in [0.5, 0.6) is 0 Å². The number of benzene rings is 1. The Labute approximate surface area is 128 Å². The SMILES string of the molecule is CCOC(=O)c1cccn1NCc1cccc2ccncc12. The Hall–Kier alpha value is -2.82. The fourth-order valence-electron chi connectivity index (χ4n) is 2.39. The highest BCUT2D eigenvalue weighted by Gasteiger charge is 2.11. The maximum absolute atomic E-state index is 11.9. The van der Waals surface area contributed by atoms with Gasteiger partial charge in [0.1, 0.15) is 5.69 Å². The molecule has 2 heterocycles. The van der Waals surface area contributed by atoms with Crippen LogP contribution in [-0.4, -0.2) is 22.2 Å². The number of nitrogens with one attached hydrogen (secondary N) is 1. The van der Waals surface area contributed by atoms with Crippen molar-refractivity contribution in [3.63, 3.8) is 0 Å². The van der Waals surface area contributed by atoms with E-state index in [-0.39, 0.29) is 5.97 Å². The lowest BCUT2D eigenvalue weighted by Crippen LogP contribution is -2.20. The molecule has 0 aliphatic heterocycles. The molecule has 0 aliphatic rings. The normalized spacial score (nSPS) is 10.6. The highest BCUT2D eigenvalue weighted by molar-refractivity contribution is 5.88. The Morgan fingerprint density at radius 3 is 3.05 bits per heavy atom. The van der Waals surface area contributed by atoms with E-state index in [2.05, 4.69) is 16.5 Å². The average Bonchev–Trinajstić information content (AvgIpc) is 3.01. The van der Waals surface area contributed by atoms with Gasteiger partial charge in [-0.2, -0.15) is 0 Å². The van der Waals surface area contributed by atoms with Gasteiger partial charge < -0.3 is 10.2 Å². The Morgan fingerprint density at radius 1 is 1.27 bits per heavy atom. The molecular weight excluding hydrogens is 278 g/mol. The molecule has 0 unspecified atom stereocenters. The van der Waals surface area contributed by atoms with Crippen molar-refractivity contribution in [2.75, 3.05) is 12.0 Å². The maximum atomic E-state index is 11.9. The molecule has 112 valence electrons. The van der Waals surface area contributed by atoms with Gasteiger partial charge in [-0.1, -0.05) is 18.2 Å². The summed E-state index contributed by atoms with van der Waals surface area (Å²) >= 11 is 0. The number of nitrogens with zero attached hydrogens (tertiary/aromatic N) is 2. The zero-order chi connectivity index (χ0) is 15.4. The van der Waals surface area contributed by atoms with Gasteiger partial charge in [0.05, 0.1) is 13.2 Å². The number of hydrogen-bond donors (Lipinski definition) is 1. The van der Waals surface area contributed by atoms with E-state index >= 15 is 0 Å². The third kappa shape index (κ3) is 2.79. The second kappa shape index (κ2) is 6.30. The molecule has 0 amide bonds. The molecule has 3 aromatic rings. The fourth-order valence-corrected chi connectivity index (χ4v) is 2.39. The molecule has 22 heavy (non-hydrogen) atoms. The minimum absolute atomic E-state index is 0.334. The highest BCUT2D eigenvalue weighted by Crippen LogP contribution is 2.17. The monoisotopic (exact) mass is 295 g/mol. The summed E-state index contributed by atoms with van der Waals surface area (Å²) in [5.41, 5.74) is 4.83. The lowest BCUT2D eigenvalue weighted by atomic mass is 10.1. The third-order valence-electron chi connectivity index (χ3n) is 3.45. The van der Waals surface area contributed by atoms with E-state index in [4.69, 9.17) is 4.74 Å². The Kier molecular flexibility index (Phi) is 4.05. The predicted octanol–water partition coefficient (Wildman–Crippen LogP) is 2.96. The van der Waals surface area contributed by atoms with E-state index in [0.29, 0.717) is 18.8 Å². The number of fused-ring (bicyclic) bond motifs is 1. The molecule has 0 bridgehead atoms. The Balaban J connectivity index is 1.80. The summed E-state index contributed by atoms with van der Waals surface area (Å²) in [5, 5.41) is 2.25. The minimum Gasteiger partial charge on any atom is -0.461 e. The molecule has 0 fully saturated rings. The number of esters is 1. The second-order valence-electron chi connectivity index (χ2n) is 4.83. The van der Waals surface area contributed by atoms with E-state index in [1.807, 2.05) is 30.5 Å². The van der Waals surface area contributed by atoms with Gasteiger partial charge in [-0.3, -0.25) is 9.66 Å². The number of carbonyl (C=O) groups is 1. The van der Waals surface area contributed by atoms with Crippen LogP contribution < -0.4 is 5.43 Å². The van der Waals surface area contributed by atoms with E-state index < -0.39 is 0 Å². The number of hydrogen-bond acceptors (Lipinski definition) is 4. The van der Waals surface area contributed by atoms with Crippen LogP contribution in [0.1, 0.15) is 23.0 Å². The Bertz CT molecular complexity index is 790. The third-order valence-corrected chi connectivity index (χ3v) is 3.45. The van der Waals surface area contributed by atoms with Crippen LogP contribution in [0.2, 0.25) is 0 Å². The van der Waals surface area contributed by atoms with Gasteiger partial charge in [0.25, 0.3) is 0 Å². The van der Waals surface area contributed by atoms with Crippen LogP contribution in [0.3, 0.4) is 0 Å². The quantitative estimate of drug-likeness (QED) is 0.735. The van der Waals surface area contributed by atoms with Crippen LogP contribution in [0.4, 0.5) is 0 Å². The van der Waals surface area contributed by atoms with Crippen molar-refractivity contribution < 1.29 is 9.53 Å². The molecular formula is C17H17N3O2. The van der Waals surface area contributed by atoms with Gasteiger partial charge in [0.2, 0.25) is 0 Å². The summed E-state index contributed by atoms with van der Waals surface area (Å²) in [7, 11) is 0. The largest absolute Gasteiger partial charge is 0.461 e. The van der Waals surface area contributed by atoms with Gasteiger partial charge in [0.15, 0.2) is 0 Å². The lowest BCUT2D eigenvalue weighted by Gasteiger charge is -2.12. The van der Waals surface area contributed by atoms with Crippen molar-refractivity contribution in [2.45, 2.75) is 13.5 Å². The van der Waals surface area contributed by atoms with Gasteiger partial charge >= 0.3 is 5.97 Å². The first-order valence-corrected chi connectivity index (χ1v) is 7.19. The number of carbonyl (C=O) groups excluding carboxylic acids is 1. The van der Waals surface area contributed by atoms with E-state index in [9.17, 15) is 4.79 Å². The molecule has 5 nitrogen and oxygen atoms in total. The zero-order valence-electron chi connectivity index (χ0n) is 12.3. The number of ether oxygens (including phenoxy) is 1. The van der Waals surface area contributed by atoms with E-state index in [0.717, 1.165) is 16.3 Å². The molecule has 1 aromatic carbocycles. The molecule has 0 radical (unpaired) electrons. The predicted molar refractivity (Wildman–Crippen MR) is 85.2 cm³/mol. The molecule has 0 atom stereocenters. The second-order valence-corrected chi connectivity index (χ2v) is 4.83. The van der Waals surface area contributed by atoms with E-state index in [1.54, 1.807) is 30.1 Å². The molecule has 2 aromatic heterocycles. The zero-order valence-corrected chi connectivity index (χ0v) is 12.3. The molecule has 0 saturated heterocycles. The van der Waals surface area contributed by atoms with Crippen molar-refractivity contribution >= 4 is 16.7 Å². The molecule has 3 rings (SSSR count). The lowest BCUT2D eigenvalue weighted by molar-refractivity contribution is 0.0515. The number of aromatic nitrogens is 2. The summed E-state index contributed by atoms with van der Waals surface area (Å²) in [4.78, 5) is 16.0. The van der Waals surface area contributed by atoms with Crippen molar-refractivity contribution in [3.8, 4) is 0 Å². The first kappa shape index (κ1) is 14.1. The first-order chi connectivity index (χ1) is 10.8. The Morgan fingerprint density at radius 2 is 2.18 bits per heavy atom. The molecule has 0 spiro atoms. The van der Waals surface area contributed by atoms with Crippen LogP contribution in [-0.2, 0) is 11.3 Å². The summed E-state index contributed by atoms with van der Waals surface area (Å²) in [6.07, 6.45) is 5.44. The summed E-state index contributed by atoms with van der Waals surface area (Å²) in [6, 6.07) is 11.6. The summed E-state index contributed by atoms with van der Waals surface area (Å²) in [6.45, 7) is 2.74. The smallest absolute Gasteiger partial charge is 0.356 e. The van der Waals surface area contributed by atoms with Gasteiger partial charge in [-0.25, -0.2) is 4.79 Å². The van der Waals surface area contributed by atoms with Crippen LogP contribution in [0.25, 0.3) is 10.8 Å². The average molecular weight is 295 g/mol. The number of pyridine rings is 1. The van der Waals surface area contributed by atoms with Crippen molar-refractivity contribution in [1.29, 1.82) is 0 Å². The molecule has 1 N–H and O–H groups in total. The van der Waals surface area contributed by atoms with Gasteiger partial charge in [0, 0.05) is 24.0 Å². The van der Waals surface area contributed by atoms with Crippen molar-refractivity contribution in [1.82, 2.24) is 9.66 Å². The van der Waals surface area contributed by atoms with Crippen LogP contribution >= 0.6 is 0 Å². The molecule has 0 aliphatic carbocycles. The first-order valence-electron chi connectivity index (χ1n) is 7.19. The van der Waals surface area contributed by atoms with Crippen LogP contribution in [0.15, 0.2) is 55.0 Å². The highest BCUT2D eigenvalue weighted by atomic mass is 16.5. The topological polar surface area (TPSA) is 56.1 Å². The summed E-state index contributed by atoms with van der Waals surface area (Å²) in [5.74, 6) is -0.334. The molecule has 0 saturated carbocycles. The summed E-state index contributed by atoms with van der Waals surface area (Å²) < 4.78 is 6.73.